The molecule has 0 spiro atoms. The number of rotatable bonds is 4. The van der Waals surface area contributed by atoms with Crippen molar-refractivity contribution in [3.05, 3.63) is 68.7 Å². The van der Waals surface area contributed by atoms with Gasteiger partial charge in [-0.15, -0.1) is 0 Å². The molecule has 100 valence electrons. The van der Waals surface area contributed by atoms with Gasteiger partial charge in [-0.2, -0.15) is 0 Å². The summed E-state index contributed by atoms with van der Waals surface area (Å²) in [6.45, 7) is 2.17. The van der Waals surface area contributed by atoms with Crippen molar-refractivity contribution in [3.8, 4) is 0 Å². The molecule has 0 aliphatic carbocycles. The quantitative estimate of drug-likeness (QED) is 0.829. The maximum Gasteiger partial charge on any atom is 0.0574 e. The van der Waals surface area contributed by atoms with Crippen LogP contribution in [0, 0.1) is 0 Å². The third kappa shape index (κ3) is 3.38. The van der Waals surface area contributed by atoms with E-state index in [4.69, 9.17) is 11.6 Å². The molecular formula is C16H17BrClN. The van der Waals surface area contributed by atoms with Crippen LogP contribution in [0.25, 0.3) is 0 Å². The van der Waals surface area contributed by atoms with Gasteiger partial charge in [-0.1, -0.05) is 48.9 Å². The Labute approximate surface area is 128 Å². The first-order valence-corrected chi connectivity index (χ1v) is 7.54. The van der Waals surface area contributed by atoms with Crippen molar-refractivity contribution in [1.82, 2.24) is 5.32 Å². The number of hydrogen-bond donors (Lipinski definition) is 1. The molecule has 0 aliphatic rings. The largest absolute Gasteiger partial charge is 0.309 e. The van der Waals surface area contributed by atoms with E-state index in [1.54, 1.807) is 0 Å². The highest BCUT2D eigenvalue weighted by Gasteiger charge is 2.13. The molecule has 0 saturated carbocycles. The van der Waals surface area contributed by atoms with Crippen LogP contribution in [-0.2, 0) is 6.42 Å². The highest BCUT2D eigenvalue weighted by Crippen LogP contribution is 2.29. The van der Waals surface area contributed by atoms with E-state index in [9.17, 15) is 0 Å². The molecule has 0 aromatic heterocycles. The minimum atomic E-state index is 0.164. The van der Waals surface area contributed by atoms with Crippen molar-refractivity contribution in [2.45, 2.75) is 19.4 Å². The average molecular weight is 339 g/mol. The molecule has 2 rings (SSSR count). The lowest BCUT2D eigenvalue weighted by molar-refractivity contribution is 0.690. The molecule has 3 heteroatoms. The van der Waals surface area contributed by atoms with Gasteiger partial charge in [0.15, 0.2) is 0 Å². The van der Waals surface area contributed by atoms with Crippen LogP contribution in [0.5, 0.6) is 0 Å². The van der Waals surface area contributed by atoms with Crippen LogP contribution < -0.4 is 5.32 Å². The highest BCUT2D eigenvalue weighted by molar-refractivity contribution is 9.10. The van der Waals surface area contributed by atoms with Gasteiger partial charge in [-0.05, 0) is 58.2 Å². The Morgan fingerprint density at radius 3 is 2.53 bits per heavy atom. The highest BCUT2D eigenvalue weighted by atomic mass is 79.9. The summed E-state index contributed by atoms with van der Waals surface area (Å²) in [7, 11) is 1.97. The number of hydrogen-bond acceptors (Lipinski definition) is 1. The third-order valence-corrected chi connectivity index (χ3v) is 4.49. The van der Waals surface area contributed by atoms with Gasteiger partial charge in [-0.3, -0.25) is 0 Å². The monoisotopic (exact) mass is 337 g/mol. The SMILES string of the molecule is CCc1cccc(C(NC)c2ccc(Br)c(Cl)c2)c1. The molecule has 2 aromatic rings. The predicted molar refractivity (Wildman–Crippen MR) is 85.9 cm³/mol. The fraction of sp³-hybridized carbons (Fsp3) is 0.250. The standard InChI is InChI=1S/C16H17BrClN/c1-3-11-5-4-6-12(9-11)16(19-2)13-7-8-14(17)15(18)10-13/h4-10,16,19H,3H2,1-2H3. The first-order chi connectivity index (χ1) is 9.15. The van der Waals surface area contributed by atoms with E-state index < -0.39 is 0 Å². The van der Waals surface area contributed by atoms with Crippen LogP contribution in [-0.4, -0.2) is 7.05 Å². The molecule has 0 amide bonds. The normalized spacial score (nSPS) is 12.4. The van der Waals surface area contributed by atoms with Crippen LogP contribution in [0.2, 0.25) is 5.02 Å². The van der Waals surface area contributed by atoms with Crippen LogP contribution in [0.3, 0.4) is 0 Å². The lowest BCUT2D eigenvalue weighted by Crippen LogP contribution is -2.17. The van der Waals surface area contributed by atoms with Crippen molar-refractivity contribution in [3.63, 3.8) is 0 Å². The van der Waals surface area contributed by atoms with Gasteiger partial charge in [0.05, 0.1) is 11.1 Å². The number of benzene rings is 2. The Balaban J connectivity index is 2.40. The summed E-state index contributed by atoms with van der Waals surface area (Å²) in [6.07, 6.45) is 1.05. The Kier molecular flexibility index (Phi) is 5.03. The molecule has 0 saturated heterocycles. The number of nitrogens with one attached hydrogen (secondary N) is 1. The van der Waals surface area contributed by atoms with Gasteiger partial charge < -0.3 is 5.32 Å². The van der Waals surface area contributed by atoms with Crippen molar-refractivity contribution in [2.75, 3.05) is 7.05 Å². The molecule has 0 heterocycles. The molecule has 1 N–H and O–H groups in total. The summed E-state index contributed by atoms with van der Waals surface area (Å²) >= 11 is 9.61. The summed E-state index contributed by atoms with van der Waals surface area (Å²) in [6, 6.07) is 14.9. The van der Waals surface area contributed by atoms with E-state index in [1.807, 2.05) is 19.2 Å². The second kappa shape index (κ2) is 6.56. The van der Waals surface area contributed by atoms with Crippen molar-refractivity contribution < 1.29 is 0 Å². The van der Waals surface area contributed by atoms with Crippen LogP contribution in [0.4, 0.5) is 0 Å². The van der Waals surface area contributed by atoms with E-state index in [0.29, 0.717) is 0 Å². The summed E-state index contributed by atoms with van der Waals surface area (Å²) in [4.78, 5) is 0. The molecule has 1 nitrogen and oxygen atoms in total. The van der Waals surface area contributed by atoms with Gasteiger partial charge in [0.1, 0.15) is 0 Å². The van der Waals surface area contributed by atoms with Crippen LogP contribution in [0.1, 0.15) is 29.7 Å². The summed E-state index contributed by atoms with van der Waals surface area (Å²) < 4.78 is 0.926. The van der Waals surface area contributed by atoms with E-state index >= 15 is 0 Å². The van der Waals surface area contributed by atoms with Gasteiger partial charge in [0, 0.05) is 4.47 Å². The first kappa shape index (κ1) is 14.6. The predicted octanol–water partition coefficient (Wildman–Crippen LogP) is 4.97. The Bertz CT molecular complexity index is 568. The van der Waals surface area contributed by atoms with E-state index in [-0.39, 0.29) is 6.04 Å². The molecule has 2 aromatic carbocycles. The second-order valence-electron chi connectivity index (χ2n) is 4.49. The van der Waals surface area contributed by atoms with Gasteiger partial charge in [-0.25, -0.2) is 0 Å². The minimum absolute atomic E-state index is 0.164. The molecule has 19 heavy (non-hydrogen) atoms. The minimum Gasteiger partial charge on any atom is -0.309 e. The zero-order valence-electron chi connectivity index (χ0n) is 11.1. The topological polar surface area (TPSA) is 12.0 Å². The molecule has 0 radical (unpaired) electrons. The fourth-order valence-corrected chi connectivity index (χ4v) is 2.65. The Morgan fingerprint density at radius 2 is 1.89 bits per heavy atom. The molecular weight excluding hydrogens is 322 g/mol. The molecule has 1 unspecified atom stereocenters. The van der Waals surface area contributed by atoms with Crippen LogP contribution in [0.15, 0.2) is 46.9 Å². The zero-order chi connectivity index (χ0) is 13.8. The van der Waals surface area contributed by atoms with E-state index in [1.165, 1.54) is 16.7 Å². The van der Waals surface area contributed by atoms with Crippen LogP contribution >= 0.6 is 27.5 Å². The first-order valence-electron chi connectivity index (χ1n) is 6.36. The van der Waals surface area contributed by atoms with Crippen molar-refractivity contribution in [1.29, 1.82) is 0 Å². The smallest absolute Gasteiger partial charge is 0.0574 e. The Hall–Kier alpha value is -0.830. The van der Waals surface area contributed by atoms with Gasteiger partial charge >= 0.3 is 0 Å². The maximum atomic E-state index is 6.19. The average Bonchev–Trinajstić information content (AvgIpc) is 2.44. The van der Waals surface area contributed by atoms with Crippen molar-refractivity contribution in [2.24, 2.45) is 0 Å². The molecule has 1 atom stereocenters. The number of aryl methyl sites for hydroxylation is 1. The summed E-state index contributed by atoms with van der Waals surface area (Å²) in [5, 5.41) is 4.10. The summed E-state index contributed by atoms with van der Waals surface area (Å²) in [5.41, 5.74) is 3.78. The Morgan fingerprint density at radius 1 is 1.16 bits per heavy atom. The molecule has 0 bridgehead atoms. The lowest BCUT2D eigenvalue weighted by atomic mass is 9.97. The lowest BCUT2D eigenvalue weighted by Gasteiger charge is -2.18. The second-order valence-corrected chi connectivity index (χ2v) is 5.76. The third-order valence-electron chi connectivity index (χ3n) is 3.26. The molecule has 0 fully saturated rings. The zero-order valence-corrected chi connectivity index (χ0v) is 13.4. The van der Waals surface area contributed by atoms with Crippen molar-refractivity contribution >= 4 is 27.5 Å². The maximum absolute atomic E-state index is 6.19. The van der Waals surface area contributed by atoms with Gasteiger partial charge in [0.2, 0.25) is 0 Å². The molecule has 0 aliphatic heterocycles. The fourth-order valence-electron chi connectivity index (χ4n) is 2.21. The summed E-state index contributed by atoms with van der Waals surface area (Å²) in [5.74, 6) is 0. The van der Waals surface area contributed by atoms with E-state index in [0.717, 1.165) is 15.9 Å². The van der Waals surface area contributed by atoms with E-state index in [2.05, 4.69) is 58.5 Å². The van der Waals surface area contributed by atoms with Gasteiger partial charge in [0.25, 0.3) is 0 Å². The number of halogens is 2.